The summed E-state index contributed by atoms with van der Waals surface area (Å²) in [5.41, 5.74) is 1.11. The first-order valence-electron chi connectivity index (χ1n) is 9.99. The Morgan fingerprint density at radius 3 is 2.21 bits per heavy atom. The van der Waals surface area contributed by atoms with Gasteiger partial charge in [-0.2, -0.15) is 0 Å². The van der Waals surface area contributed by atoms with Gasteiger partial charge in [-0.25, -0.2) is 4.68 Å². The molecule has 0 radical (unpaired) electrons. The summed E-state index contributed by atoms with van der Waals surface area (Å²) >= 11 is 0. The van der Waals surface area contributed by atoms with E-state index in [1.54, 1.807) is 0 Å². The van der Waals surface area contributed by atoms with Crippen molar-refractivity contribution in [2.45, 2.75) is 65.5 Å². The lowest BCUT2D eigenvalue weighted by Gasteiger charge is -2.37. The van der Waals surface area contributed by atoms with Crippen LogP contribution in [0.5, 0.6) is 0 Å². The van der Waals surface area contributed by atoms with Crippen molar-refractivity contribution < 1.29 is 0 Å². The van der Waals surface area contributed by atoms with Gasteiger partial charge in [-0.05, 0) is 77.5 Å². The zero-order chi connectivity index (χ0) is 16.9. The molecule has 1 aromatic heterocycles. The Hall–Kier alpha value is -0.940. The lowest BCUT2D eigenvalue weighted by atomic mass is 9.91. The highest BCUT2D eigenvalue weighted by atomic mass is 15.4. The lowest BCUT2D eigenvalue weighted by molar-refractivity contribution is 0.114. The van der Waals surface area contributed by atoms with Crippen molar-refractivity contribution in [3.63, 3.8) is 0 Å². The highest BCUT2D eigenvalue weighted by Gasteiger charge is 2.24. The van der Waals surface area contributed by atoms with Crippen LogP contribution in [0.2, 0.25) is 0 Å². The maximum Gasteiger partial charge on any atom is 0.0967 e. The van der Waals surface area contributed by atoms with Crippen molar-refractivity contribution in [2.75, 3.05) is 32.7 Å². The monoisotopic (exact) mass is 333 g/mol. The van der Waals surface area contributed by atoms with Crippen molar-refractivity contribution in [3.8, 4) is 0 Å². The molecule has 2 fully saturated rings. The third kappa shape index (κ3) is 4.79. The maximum absolute atomic E-state index is 4.32. The molecule has 3 rings (SSSR count). The van der Waals surface area contributed by atoms with E-state index >= 15 is 0 Å². The second-order valence-electron chi connectivity index (χ2n) is 8.16. The zero-order valence-electron chi connectivity index (χ0n) is 15.8. The Bertz CT molecular complexity index is 482. The van der Waals surface area contributed by atoms with Crippen LogP contribution in [0, 0.1) is 11.8 Å². The highest BCUT2D eigenvalue weighted by Crippen LogP contribution is 2.24. The molecule has 0 N–H and O–H groups in total. The molecule has 2 aliphatic heterocycles. The Kier molecular flexibility index (Phi) is 6.28. The molecule has 0 atom stereocenters. The fraction of sp³-hybridized carbons (Fsp3) is 0.895. The van der Waals surface area contributed by atoms with E-state index in [4.69, 9.17) is 0 Å². The summed E-state index contributed by atoms with van der Waals surface area (Å²) in [5.74, 6) is 1.88. The molecular weight excluding hydrogens is 298 g/mol. The van der Waals surface area contributed by atoms with E-state index < -0.39 is 0 Å². The molecule has 1 aromatic rings. The highest BCUT2D eigenvalue weighted by molar-refractivity contribution is 4.94. The van der Waals surface area contributed by atoms with Gasteiger partial charge in [0.2, 0.25) is 0 Å². The SMILES string of the molecule is CCC1CCN(CC2CCN(Cc3cn(C(C)C)nn3)CC2)CC1. The first-order chi connectivity index (χ1) is 11.6. The molecule has 0 bridgehead atoms. The van der Waals surface area contributed by atoms with Gasteiger partial charge in [-0.1, -0.05) is 18.6 Å². The van der Waals surface area contributed by atoms with Crippen LogP contribution in [-0.4, -0.2) is 57.5 Å². The molecule has 0 aliphatic carbocycles. The molecule has 0 spiro atoms. The third-order valence-electron chi connectivity index (χ3n) is 5.98. The molecule has 5 heteroatoms. The number of aromatic nitrogens is 3. The van der Waals surface area contributed by atoms with Crippen LogP contribution in [0.25, 0.3) is 0 Å². The summed E-state index contributed by atoms with van der Waals surface area (Å²) < 4.78 is 1.96. The van der Waals surface area contributed by atoms with Crippen LogP contribution in [0.15, 0.2) is 6.20 Å². The van der Waals surface area contributed by atoms with E-state index in [1.165, 1.54) is 64.8 Å². The minimum atomic E-state index is 0.397. The van der Waals surface area contributed by atoms with E-state index in [0.29, 0.717) is 6.04 Å². The summed E-state index contributed by atoms with van der Waals surface area (Å²) in [6.07, 6.45) is 8.99. The zero-order valence-corrected chi connectivity index (χ0v) is 15.8. The van der Waals surface area contributed by atoms with E-state index in [0.717, 1.165) is 24.1 Å². The molecule has 5 nitrogen and oxygen atoms in total. The van der Waals surface area contributed by atoms with E-state index in [1.807, 2.05) is 4.68 Å². The first kappa shape index (κ1) is 17.9. The first-order valence-corrected chi connectivity index (χ1v) is 9.99. The van der Waals surface area contributed by atoms with Gasteiger partial charge in [-0.15, -0.1) is 5.10 Å². The summed E-state index contributed by atoms with van der Waals surface area (Å²) in [5, 5.41) is 8.54. The number of piperidine rings is 2. The quantitative estimate of drug-likeness (QED) is 0.801. The average Bonchev–Trinajstić information content (AvgIpc) is 3.06. The predicted molar refractivity (Wildman–Crippen MR) is 97.9 cm³/mol. The number of rotatable bonds is 6. The van der Waals surface area contributed by atoms with Gasteiger partial charge >= 0.3 is 0 Å². The second kappa shape index (κ2) is 8.43. The van der Waals surface area contributed by atoms with Crippen LogP contribution in [-0.2, 0) is 6.54 Å². The fourth-order valence-corrected chi connectivity index (χ4v) is 4.14. The number of nitrogens with zero attached hydrogens (tertiary/aromatic N) is 5. The van der Waals surface area contributed by atoms with E-state index in [-0.39, 0.29) is 0 Å². The molecule has 0 amide bonds. The molecule has 3 heterocycles. The van der Waals surface area contributed by atoms with Gasteiger partial charge in [0.25, 0.3) is 0 Å². The van der Waals surface area contributed by atoms with E-state index in [2.05, 4.69) is 47.1 Å². The Balaban J connectivity index is 1.38. The van der Waals surface area contributed by atoms with Gasteiger partial charge in [0.05, 0.1) is 11.9 Å². The van der Waals surface area contributed by atoms with Gasteiger partial charge < -0.3 is 4.90 Å². The summed E-state index contributed by atoms with van der Waals surface area (Å²) in [7, 11) is 0. The largest absolute Gasteiger partial charge is 0.303 e. The summed E-state index contributed by atoms with van der Waals surface area (Å²) in [6.45, 7) is 14.0. The minimum absolute atomic E-state index is 0.397. The predicted octanol–water partition coefficient (Wildman–Crippen LogP) is 3.19. The normalized spacial score (nSPS) is 22.5. The van der Waals surface area contributed by atoms with Crippen LogP contribution in [0.4, 0.5) is 0 Å². The molecule has 2 saturated heterocycles. The van der Waals surface area contributed by atoms with Crippen LogP contribution >= 0.6 is 0 Å². The number of hydrogen-bond acceptors (Lipinski definition) is 4. The van der Waals surface area contributed by atoms with Gasteiger partial charge in [-0.3, -0.25) is 4.90 Å². The topological polar surface area (TPSA) is 37.2 Å². The standard InChI is InChI=1S/C19H35N5/c1-4-17-5-9-22(10-6-17)13-18-7-11-23(12-8-18)14-19-15-24(16(2)3)21-20-19/h15-18H,4-14H2,1-3H3. The van der Waals surface area contributed by atoms with Crippen molar-refractivity contribution >= 4 is 0 Å². The molecule has 0 unspecified atom stereocenters. The van der Waals surface area contributed by atoms with Crippen molar-refractivity contribution in [1.29, 1.82) is 0 Å². The molecule has 0 aromatic carbocycles. The van der Waals surface area contributed by atoms with Crippen LogP contribution in [0.1, 0.15) is 64.6 Å². The molecule has 136 valence electrons. The van der Waals surface area contributed by atoms with E-state index in [9.17, 15) is 0 Å². The Morgan fingerprint density at radius 1 is 1.00 bits per heavy atom. The molecule has 2 aliphatic rings. The average molecular weight is 334 g/mol. The summed E-state index contributed by atoms with van der Waals surface area (Å²) in [6, 6.07) is 0.397. The summed E-state index contributed by atoms with van der Waals surface area (Å²) in [4.78, 5) is 5.27. The maximum atomic E-state index is 4.32. The lowest BCUT2D eigenvalue weighted by Crippen LogP contribution is -2.41. The second-order valence-corrected chi connectivity index (χ2v) is 8.16. The number of hydrogen-bond donors (Lipinski definition) is 0. The van der Waals surface area contributed by atoms with Crippen LogP contribution in [0.3, 0.4) is 0 Å². The van der Waals surface area contributed by atoms with Crippen LogP contribution < -0.4 is 0 Å². The number of likely N-dealkylation sites (tertiary alicyclic amines) is 2. The fourth-order valence-electron chi connectivity index (χ4n) is 4.14. The Labute approximate surface area is 147 Å². The third-order valence-corrected chi connectivity index (χ3v) is 5.98. The Morgan fingerprint density at radius 2 is 1.62 bits per heavy atom. The van der Waals surface area contributed by atoms with Gasteiger partial charge in [0.1, 0.15) is 0 Å². The van der Waals surface area contributed by atoms with Crippen molar-refractivity contribution in [3.05, 3.63) is 11.9 Å². The minimum Gasteiger partial charge on any atom is -0.303 e. The van der Waals surface area contributed by atoms with Gasteiger partial charge in [0, 0.05) is 19.1 Å². The molecular formula is C19H35N5. The van der Waals surface area contributed by atoms with Crippen molar-refractivity contribution in [2.24, 2.45) is 11.8 Å². The smallest absolute Gasteiger partial charge is 0.0967 e. The molecule has 0 saturated carbocycles. The van der Waals surface area contributed by atoms with Gasteiger partial charge in [0.15, 0.2) is 0 Å². The van der Waals surface area contributed by atoms with Crippen molar-refractivity contribution in [1.82, 2.24) is 24.8 Å². The molecule has 24 heavy (non-hydrogen) atoms.